The fraction of sp³-hybridized carbons (Fsp3) is 0.600. The first kappa shape index (κ1) is 13.0. The number of rotatable bonds is 6. The predicted molar refractivity (Wildman–Crippen MR) is 48.5 cm³/mol. The zero-order valence-corrected chi connectivity index (χ0v) is 9.04. The SMILES string of the molecule is C=COC(C)C(OP)OP(=O)(O)O. The van der Waals surface area contributed by atoms with Crippen molar-refractivity contribution in [1.82, 2.24) is 0 Å². The van der Waals surface area contributed by atoms with Crippen LogP contribution in [0, 0.1) is 0 Å². The fourth-order valence-electron chi connectivity index (χ4n) is 0.572. The average molecular weight is 230 g/mol. The molecule has 2 N–H and O–H groups in total. The Morgan fingerprint density at radius 1 is 1.62 bits per heavy atom. The maximum atomic E-state index is 10.4. The van der Waals surface area contributed by atoms with Crippen molar-refractivity contribution in [3.05, 3.63) is 12.8 Å². The van der Waals surface area contributed by atoms with Crippen LogP contribution in [0.1, 0.15) is 6.92 Å². The molecule has 0 saturated heterocycles. The molecule has 0 aliphatic carbocycles. The van der Waals surface area contributed by atoms with Crippen molar-refractivity contribution in [2.75, 3.05) is 0 Å². The minimum Gasteiger partial charge on any atom is -0.494 e. The second kappa shape index (κ2) is 5.70. The van der Waals surface area contributed by atoms with Gasteiger partial charge in [0.2, 0.25) is 6.29 Å². The van der Waals surface area contributed by atoms with Gasteiger partial charge in [-0.2, -0.15) is 0 Å². The summed E-state index contributed by atoms with van der Waals surface area (Å²) in [7, 11) is -2.74. The van der Waals surface area contributed by atoms with Crippen molar-refractivity contribution in [1.29, 1.82) is 0 Å². The van der Waals surface area contributed by atoms with Gasteiger partial charge >= 0.3 is 7.82 Å². The Morgan fingerprint density at radius 2 is 2.15 bits per heavy atom. The molecule has 0 saturated carbocycles. The Balaban J connectivity index is 4.17. The van der Waals surface area contributed by atoms with Crippen LogP contribution in [0.5, 0.6) is 0 Å². The lowest BCUT2D eigenvalue weighted by Gasteiger charge is -2.21. The summed E-state index contributed by atoms with van der Waals surface area (Å²) in [5.41, 5.74) is 0. The summed E-state index contributed by atoms with van der Waals surface area (Å²) >= 11 is 0. The van der Waals surface area contributed by atoms with Gasteiger partial charge in [0.1, 0.15) is 6.10 Å². The summed E-state index contributed by atoms with van der Waals surface area (Å²) in [6.07, 6.45) is -0.698. The second-order valence-corrected chi connectivity index (χ2v) is 3.57. The second-order valence-electron chi connectivity index (χ2n) is 2.11. The molecule has 3 atom stereocenters. The molecule has 0 bridgehead atoms. The van der Waals surface area contributed by atoms with Crippen molar-refractivity contribution in [2.24, 2.45) is 0 Å². The van der Waals surface area contributed by atoms with Gasteiger partial charge in [-0.15, -0.1) is 0 Å². The van der Waals surface area contributed by atoms with Gasteiger partial charge in [-0.05, 0) is 6.92 Å². The van der Waals surface area contributed by atoms with Gasteiger partial charge in [-0.1, -0.05) is 6.58 Å². The highest BCUT2D eigenvalue weighted by atomic mass is 31.2. The van der Waals surface area contributed by atoms with Gasteiger partial charge in [0, 0.05) is 9.47 Å². The van der Waals surface area contributed by atoms with Crippen LogP contribution in [0.15, 0.2) is 12.8 Å². The third-order valence-electron chi connectivity index (χ3n) is 1.07. The maximum Gasteiger partial charge on any atom is 0.472 e. The molecule has 0 amide bonds. The largest absolute Gasteiger partial charge is 0.494 e. The highest BCUT2D eigenvalue weighted by Gasteiger charge is 2.27. The lowest BCUT2D eigenvalue weighted by molar-refractivity contribution is -0.0850. The van der Waals surface area contributed by atoms with Crippen molar-refractivity contribution >= 4 is 17.3 Å². The number of ether oxygens (including phenoxy) is 1. The van der Waals surface area contributed by atoms with Crippen molar-refractivity contribution < 1.29 is 28.1 Å². The van der Waals surface area contributed by atoms with E-state index in [4.69, 9.17) is 14.5 Å². The van der Waals surface area contributed by atoms with Gasteiger partial charge in [-0.25, -0.2) is 4.57 Å². The third kappa shape index (κ3) is 6.16. The van der Waals surface area contributed by atoms with Gasteiger partial charge < -0.3 is 19.0 Å². The van der Waals surface area contributed by atoms with E-state index in [9.17, 15) is 4.57 Å². The van der Waals surface area contributed by atoms with E-state index in [-0.39, 0.29) is 0 Å². The molecule has 78 valence electrons. The van der Waals surface area contributed by atoms with E-state index in [0.29, 0.717) is 0 Å². The Hall–Kier alpha value is 0.0400. The first-order valence-corrected chi connectivity index (χ1v) is 5.26. The molecule has 8 heteroatoms. The predicted octanol–water partition coefficient (Wildman–Crippen LogP) is 0.777. The third-order valence-corrected chi connectivity index (χ3v) is 1.82. The monoisotopic (exact) mass is 230 g/mol. The molecular formula is C5H12O6P2. The molecule has 0 rings (SSSR count). The first-order chi connectivity index (χ1) is 5.90. The number of hydrogen-bond acceptors (Lipinski definition) is 4. The molecule has 0 radical (unpaired) electrons. The van der Waals surface area contributed by atoms with Gasteiger partial charge in [0.25, 0.3) is 0 Å². The van der Waals surface area contributed by atoms with Crippen LogP contribution < -0.4 is 0 Å². The molecule has 3 unspecified atom stereocenters. The van der Waals surface area contributed by atoms with Gasteiger partial charge in [0.05, 0.1) is 6.26 Å². The van der Waals surface area contributed by atoms with E-state index in [0.717, 1.165) is 6.26 Å². The van der Waals surface area contributed by atoms with Crippen LogP contribution in [-0.2, 0) is 18.3 Å². The highest BCUT2D eigenvalue weighted by molar-refractivity contribution is 7.46. The van der Waals surface area contributed by atoms with E-state index in [1.165, 1.54) is 6.92 Å². The molecule has 0 aromatic heterocycles. The normalized spacial score (nSPS) is 16.3. The van der Waals surface area contributed by atoms with Crippen LogP contribution in [-0.4, -0.2) is 22.2 Å². The topological polar surface area (TPSA) is 85.2 Å². The Bertz CT molecular complexity index is 201. The van der Waals surface area contributed by atoms with E-state index in [2.05, 4.69) is 15.6 Å². The van der Waals surface area contributed by atoms with Gasteiger partial charge in [-0.3, -0.25) is 4.52 Å². The molecule has 0 aromatic carbocycles. The molecule has 0 spiro atoms. The minimum absolute atomic E-state index is 0.664. The smallest absolute Gasteiger partial charge is 0.472 e. The van der Waals surface area contributed by atoms with Gasteiger partial charge in [0.15, 0.2) is 0 Å². The number of phosphoric ester groups is 1. The number of phosphoric acid groups is 1. The summed E-state index contributed by atoms with van der Waals surface area (Å²) < 4.78 is 24.0. The van der Waals surface area contributed by atoms with Crippen LogP contribution in [0.2, 0.25) is 0 Å². The quantitative estimate of drug-likeness (QED) is 0.398. The van der Waals surface area contributed by atoms with E-state index < -0.39 is 20.2 Å². The summed E-state index contributed by atoms with van der Waals surface area (Å²) in [5, 5.41) is 0. The summed E-state index contributed by atoms with van der Waals surface area (Å²) in [5.74, 6) is 0. The summed E-state index contributed by atoms with van der Waals surface area (Å²) in [6.45, 7) is 4.80. The van der Waals surface area contributed by atoms with Crippen molar-refractivity contribution in [3.8, 4) is 0 Å². The average Bonchev–Trinajstić information content (AvgIpc) is 1.99. The van der Waals surface area contributed by atoms with Crippen LogP contribution in [0.25, 0.3) is 0 Å². The van der Waals surface area contributed by atoms with Crippen LogP contribution >= 0.6 is 17.3 Å². The molecule has 0 fully saturated rings. The zero-order chi connectivity index (χ0) is 10.5. The Morgan fingerprint density at radius 3 is 2.46 bits per heavy atom. The Labute approximate surface area is 78.4 Å². The lowest BCUT2D eigenvalue weighted by atomic mass is 10.4. The molecule has 0 heterocycles. The van der Waals surface area contributed by atoms with E-state index >= 15 is 0 Å². The highest BCUT2D eigenvalue weighted by Crippen LogP contribution is 2.39. The van der Waals surface area contributed by atoms with Crippen molar-refractivity contribution in [3.63, 3.8) is 0 Å². The standard InChI is InChI=1S/C5H12O6P2/c1-3-9-4(2)5(10-12)11-13(6,7)8/h3-5H,1,12H2,2H3,(H2,6,7,8). The van der Waals surface area contributed by atoms with E-state index in [1.807, 2.05) is 9.47 Å². The number of hydrogen-bond donors (Lipinski definition) is 2. The molecule has 0 aliphatic heterocycles. The molecule has 0 aromatic rings. The fourth-order valence-corrected chi connectivity index (χ4v) is 1.43. The maximum absolute atomic E-state index is 10.4. The van der Waals surface area contributed by atoms with E-state index in [1.54, 1.807) is 0 Å². The lowest BCUT2D eigenvalue weighted by Crippen LogP contribution is -2.27. The first-order valence-electron chi connectivity index (χ1n) is 3.26. The summed E-state index contributed by atoms with van der Waals surface area (Å²) in [4.78, 5) is 16.9. The van der Waals surface area contributed by atoms with Crippen LogP contribution in [0.3, 0.4) is 0 Å². The molecule has 0 aliphatic rings. The molecule has 6 nitrogen and oxygen atoms in total. The zero-order valence-electron chi connectivity index (χ0n) is 6.99. The van der Waals surface area contributed by atoms with Crippen molar-refractivity contribution in [2.45, 2.75) is 19.3 Å². The minimum atomic E-state index is -4.57. The Kier molecular flexibility index (Phi) is 5.72. The summed E-state index contributed by atoms with van der Waals surface area (Å²) in [6, 6.07) is 0. The van der Waals surface area contributed by atoms with Crippen LogP contribution in [0.4, 0.5) is 0 Å². The molecular weight excluding hydrogens is 218 g/mol. The molecule has 13 heavy (non-hydrogen) atoms.